The van der Waals surface area contributed by atoms with Crippen LogP contribution in [0.15, 0.2) is 52.1 Å². The van der Waals surface area contributed by atoms with Crippen molar-refractivity contribution in [1.82, 2.24) is 14.6 Å². The van der Waals surface area contributed by atoms with Crippen molar-refractivity contribution < 1.29 is 9.47 Å². The second-order valence-corrected chi connectivity index (χ2v) is 8.63. The molecule has 2 aromatic heterocycles. The lowest BCUT2D eigenvalue weighted by atomic mass is 10.1. The van der Waals surface area contributed by atoms with Crippen molar-refractivity contribution in [3.63, 3.8) is 0 Å². The van der Waals surface area contributed by atoms with Gasteiger partial charge in [-0.05, 0) is 49.6 Å². The van der Waals surface area contributed by atoms with Gasteiger partial charge in [-0.1, -0.05) is 54.2 Å². The smallest absolute Gasteiger partial charge is 0.296 e. The van der Waals surface area contributed by atoms with Crippen LogP contribution in [0.4, 0.5) is 0 Å². The van der Waals surface area contributed by atoms with Crippen LogP contribution < -0.4 is 25.1 Å². The first-order valence-electron chi connectivity index (χ1n) is 10.9. The fraction of sp³-hybridized carbons (Fsp3) is 0.280. The number of nitrogens with zero attached hydrogens (tertiary/aromatic N) is 3. The summed E-state index contributed by atoms with van der Waals surface area (Å²) in [6.45, 7) is 7.05. The minimum Gasteiger partial charge on any atom is -0.490 e. The maximum Gasteiger partial charge on any atom is 0.296 e. The molecule has 2 heterocycles. The number of fused-ring (bicyclic) bond motifs is 1. The van der Waals surface area contributed by atoms with E-state index in [4.69, 9.17) is 9.47 Å². The lowest BCUT2D eigenvalue weighted by Gasteiger charge is -2.11. The largest absolute Gasteiger partial charge is 0.490 e. The van der Waals surface area contributed by atoms with Gasteiger partial charge in [-0.25, -0.2) is 0 Å². The summed E-state index contributed by atoms with van der Waals surface area (Å²) in [6.07, 6.45) is 2.96. The highest BCUT2D eigenvalue weighted by molar-refractivity contribution is 7.15. The van der Waals surface area contributed by atoms with E-state index in [1.165, 1.54) is 4.52 Å². The molecule has 0 atom stereocenters. The number of benzene rings is 2. The van der Waals surface area contributed by atoms with E-state index in [0.29, 0.717) is 35.7 Å². The number of aryl methyl sites for hydroxylation is 1. The number of hydrogen-bond donors (Lipinski definition) is 0. The molecule has 0 aliphatic carbocycles. The molecule has 7 nitrogen and oxygen atoms in total. The maximum atomic E-state index is 13.0. The van der Waals surface area contributed by atoms with Gasteiger partial charge in [0.1, 0.15) is 5.69 Å². The maximum absolute atomic E-state index is 13.0. The summed E-state index contributed by atoms with van der Waals surface area (Å²) in [5.41, 5.74) is 2.38. The average molecular weight is 464 g/mol. The highest BCUT2D eigenvalue weighted by Gasteiger charge is 2.12. The molecule has 0 bridgehead atoms. The molecule has 33 heavy (non-hydrogen) atoms. The van der Waals surface area contributed by atoms with Gasteiger partial charge in [-0.2, -0.15) is 14.6 Å². The zero-order chi connectivity index (χ0) is 23.4. The molecule has 0 amide bonds. The van der Waals surface area contributed by atoms with Crippen LogP contribution in [0.2, 0.25) is 0 Å². The second kappa shape index (κ2) is 9.95. The second-order valence-electron chi connectivity index (χ2n) is 7.62. The van der Waals surface area contributed by atoms with Crippen molar-refractivity contribution in [3.8, 4) is 11.5 Å². The average Bonchev–Trinajstić information content (AvgIpc) is 3.09. The van der Waals surface area contributed by atoms with Gasteiger partial charge in [-0.3, -0.25) is 9.59 Å². The van der Waals surface area contributed by atoms with E-state index in [1.54, 1.807) is 6.08 Å². The predicted molar refractivity (Wildman–Crippen MR) is 130 cm³/mol. The van der Waals surface area contributed by atoms with Crippen LogP contribution in [-0.4, -0.2) is 27.8 Å². The topological polar surface area (TPSA) is 82.8 Å². The van der Waals surface area contributed by atoms with Crippen molar-refractivity contribution in [2.24, 2.45) is 0 Å². The Balaban J connectivity index is 1.72. The Bertz CT molecular complexity index is 1440. The normalized spacial score (nSPS) is 11.8. The van der Waals surface area contributed by atoms with Crippen molar-refractivity contribution >= 4 is 22.4 Å². The summed E-state index contributed by atoms with van der Waals surface area (Å²) in [5.74, 6) is 1.29. The van der Waals surface area contributed by atoms with Crippen molar-refractivity contribution in [2.45, 2.75) is 33.6 Å². The molecule has 0 fully saturated rings. The number of aromatic nitrogens is 3. The van der Waals surface area contributed by atoms with Crippen LogP contribution in [0.1, 0.15) is 42.7 Å². The molecule has 0 unspecified atom stereocenters. The molecule has 170 valence electrons. The Hall–Kier alpha value is -3.52. The predicted octanol–water partition coefficient (Wildman–Crippen LogP) is 3.15. The van der Waals surface area contributed by atoms with E-state index in [0.717, 1.165) is 34.4 Å². The van der Waals surface area contributed by atoms with E-state index < -0.39 is 5.56 Å². The van der Waals surface area contributed by atoms with Gasteiger partial charge in [0, 0.05) is 6.42 Å². The molecule has 8 heteroatoms. The van der Waals surface area contributed by atoms with Crippen molar-refractivity contribution in [2.75, 3.05) is 13.2 Å². The van der Waals surface area contributed by atoms with Crippen LogP contribution in [0, 0.1) is 6.92 Å². The Morgan fingerprint density at radius 2 is 1.82 bits per heavy atom. The van der Waals surface area contributed by atoms with E-state index in [9.17, 15) is 9.59 Å². The molecular weight excluding hydrogens is 438 g/mol. The van der Waals surface area contributed by atoms with E-state index >= 15 is 0 Å². The van der Waals surface area contributed by atoms with Crippen LogP contribution in [0.5, 0.6) is 11.5 Å². The van der Waals surface area contributed by atoms with Gasteiger partial charge >= 0.3 is 0 Å². The van der Waals surface area contributed by atoms with Crippen molar-refractivity contribution in [3.05, 3.63) is 90.1 Å². The van der Waals surface area contributed by atoms with Gasteiger partial charge in [-0.15, -0.1) is 0 Å². The lowest BCUT2D eigenvalue weighted by molar-refractivity contribution is 0.277. The first kappa shape index (κ1) is 22.7. The molecule has 0 N–H and O–H groups in total. The summed E-state index contributed by atoms with van der Waals surface area (Å²) in [6, 6.07) is 13.4. The van der Waals surface area contributed by atoms with E-state index in [1.807, 2.05) is 63.2 Å². The van der Waals surface area contributed by atoms with Gasteiger partial charge < -0.3 is 9.47 Å². The van der Waals surface area contributed by atoms with Crippen LogP contribution >= 0.6 is 11.3 Å². The Morgan fingerprint density at radius 3 is 2.55 bits per heavy atom. The van der Waals surface area contributed by atoms with Gasteiger partial charge in [0.15, 0.2) is 11.5 Å². The third kappa shape index (κ3) is 5.12. The minimum atomic E-state index is -0.417. The molecule has 0 aliphatic heterocycles. The third-order valence-electron chi connectivity index (χ3n) is 4.97. The van der Waals surface area contributed by atoms with Gasteiger partial charge in [0.25, 0.3) is 11.1 Å². The summed E-state index contributed by atoms with van der Waals surface area (Å²) in [7, 11) is 0. The zero-order valence-electron chi connectivity index (χ0n) is 18.8. The first-order chi connectivity index (χ1) is 16.0. The molecule has 0 spiro atoms. The molecule has 0 aliphatic rings. The lowest BCUT2D eigenvalue weighted by Crippen LogP contribution is -2.28. The third-order valence-corrected chi connectivity index (χ3v) is 5.93. The number of thiazole rings is 1. The Labute approximate surface area is 195 Å². The zero-order valence-corrected chi connectivity index (χ0v) is 19.6. The van der Waals surface area contributed by atoms with Crippen LogP contribution in [-0.2, 0) is 6.42 Å². The molecule has 4 rings (SSSR count). The molecule has 0 radical (unpaired) electrons. The van der Waals surface area contributed by atoms with Crippen LogP contribution in [0.25, 0.3) is 11.0 Å². The SMILES string of the molecule is CCCOc1ccc(C=c2sc3nc(=O)c(Cc4ccc(C)cc4)nn3c2=O)cc1OCC. The fourth-order valence-corrected chi connectivity index (χ4v) is 4.22. The number of ether oxygens (including phenoxy) is 2. The first-order valence-corrected chi connectivity index (χ1v) is 11.7. The van der Waals surface area contributed by atoms with Crippen LogP contribution in [0.3, 0.4) is 0 Å². The van der Waals surface area contributed by atoms with Gasteiger partial charge in [0.2, 0.25) is 4.96 Å². The molecule has 4 aromatic rings. The Kier molecular flexibility index (Phi) is 6.84. The molecule has 0 saturated heterocycles. The molecular formula is C25H25N3O4S. The van der Waals surface area contributed by atoms with E-state index in [2.05, 4.69) is 10.1 Å². The van der Waals surface area contributed by atoms with Crippen molar-refractivity contribution in [1.29, 1.82) is 0 Å². The summed E-state index contributed by atoms with van der Waals surface area (Å²) in [4.78, 5) is 29.9. The number of rotatable bonds is 8. The summed E-state index contributed by atoms with van der Waals surface area (Å²) >= 11 is 1.14. The minimum absolute atomic E-state index is 0.244. The summed E-state index contributed by atoms with van der Waals surface area (Å²) < 4.78 is 13.1. The fourth-order valence-electron chi connectivity index (χ4n) is 3.32. The molecule has 0 saturated carbocycles. The van der Waals surface area contributed by atoms with E-state index in [-0.39, 0.29) is 16.2 Å². The monoisotopic (exact) mass is 463 g/mol. The standard InChI is InChI=1S/C25H25N3O4S/c1-4-12-32-20-11-10-18(14-21(20)31-5-2)15-22-24(30)28-25(33-22)26-23(29)19(27-28)13-17-8-6-16(3)7-9-17/h6-11,14-15H,4-5,12-13H2,1-3H3. The number of hydrogen-bond acceptors (Lipinski definition) is 7. The quantitative estimate of drug-likeness (QED) is 0.399. The van der Waals surface area contributed by atoms with Gasteiger partial charge in [0.05, 0.1) is 17.7 Å². The summed E-state index contributed by atoms with van der Waals surface area (Å²) in [5, 5.41) is 4.32. The molecule has 2 aromatic carbocycles. The Morgan fingerprint density at radius 1 is 1.03 bits per heavy atom. The highest BCUT2D eigenvalue weighted by Crippen LogP contribution is 2.29. The highest BCUT2D eigenvalue weighted by atomic mass is 32.1.